The maximum Gasteiger partial charge on any atom is 0.103 e. The predicted octanol–water partition coefficient (Wildman–Crippen LogP) is 3.35. The minimum atomic E-state index is -0.609. The van der Waals surface area contributed by atoms with Gasteiger partial charge in [-0.3, -0.25) is 0 Å². The van der Waals surface area contributed by atoms with Crippen molar-refractivity contribution in [3.8, 4) is 0 Å². The third-order valence-corrected chi connectivity index (χ3v) is 4.87. The summed E-state index contributed by atoms with van der Waals surface area (Å²) in [6.07, 6.45) is 5.59. The van der Waals surface area contributed by atoms with Crippen LogP contribution in [0.2, 0.25) is 0 Å². The van der Waals surface area contributed by atoms with Gasteiger partial charge in [-0.15, -0.1) is 0 Å². The fourth-order valence-corrected chi connectivity index (χ4v) is 3.56. The van der Waals surface area contributed by atoms with Gasteiger partial charge < -0.3 is 10.2 Å². The molecule has 0 saturated heterocycles. The van der Waals surface area contributed by atoms with Crippen LogP contribution in [0.5, 0.6) is 0 Å². The Balaban J connectivity index is 1.85. The summed E-state index contributed by atoms with van der Waals surface area (Å²) < 4.78 is 13.9. The number of hydrogen-bond acceptors (Lipinski definition) is 2. The SMILES string of the molecule is CCCN(CC)CCC1=CNC2C[C@H](C)C(F)C[C@@H]12. The van der Waals surface area contributed by atoms with Crippen molar-refractivity contribution in [1.82, 2.24) is 10.2 Å². The van der Waals surface area contributed by atoms with Crippen LogP contribution in [0.4, 0.5) is 4.39 Å². The summed E-state index contributed by atoms with van der Waals surface area (Å²) in [7, 11) is 0. The molecule has 0 radical (unpaired) electrons. The number of fused-ring (bicyclic) bond motifs is 1. The molecule has 2 unspecified atom stereocenters. The highest BCUT2D eigenvalue weighted by Crippen LogP contribution is 2.39. The second-order valence-electron chi connectivity index (χ2n) is 6.25. The van der Waals surface area contributed by atoms with Crippen molar-refractivity contribution in [3.05, 3.63) is 11.8 Å². The Morgan fingerprint density at radius 3 is 2.79 bits per heavy atom. The van der Waals surface area contributed by atoms with Crippen molar-refractivity contribution < 1.29 is 4.39 Å². The van der Waals surface area contributed by atoms with Crippen LogP contribution in [0, 0.1) is 11.8 Å². The smallest absolute Gasteiger partial charge is 0.103 e. The van der Waals surface area contributed by atoms with E-state index in [0.717, 1.165) is 32.4 Å². The Bertz CT molecular complexity index is 316. The summed E-state index contributed by atoms with van der Waals surface area (Å²) in [5, 5.41) is 3.49. The number of rotatable bonds is 6. The topological polar surface area (TPSA) is 15.3 Å². The summed E-state index contributed by atoms with van der Waals surface area (Å²) in [5.41, 5.74) is 1.45. The van der Waals surface area contributed by atoms with Gasteiger partial charge in [-0.2, -0.15) is 0 Å². The molecule has 1 fully saturated rings. The fourth-order valence-electron chi connectivity index (χ4n) is 3.56. The van der Waals surface area contributed by atoms with E-state index >= 15 is 0 Å². The van der Waals surface area contributed by atoms with Gasteiger partial charge in [-0.1, -0.05) is 20.8 Å². The van der Waals surface area contributed by atoms with Gasteiger partial charge in [0.05, 0.1) is 0 Å². The van der Waals surface area contributed by atoms with Crippen molar-refractivity contribution >= 4 is 0 Å². The van der Waals surface area contributed by atoms with Crippen LogP contribution in [-0.4, -0.2) is 36.7 Å². The van der Waals surface area contributed by atoms with E-state index in [4.69, 9.17) is 0 Å². The molecule has 1 saturated carbocycles. The average molecular weight is 268 g/mol. The molecule has 0 bridgehead atoms. The van der Waals surface area contributed by atoms with Crippen molar-refractivity contribution in [2.24, 2.45) is 11.8 Å². The molecule has 2 nitrogen and oxygen atoms in total. The van der Waals surface area contributed by atoms with Crippen molar-refractivity contribution in [2.45, 2.75) is 58.7 Å². The van der Waals surface area contributed by atoms with E-state index in [1.165, 1.54) is 18.5 Å². The normalized spacial score (nSPS) is 34.1. The maximum atomic E-state index is 13.9. The molecule has 3 heteroatoms. The third kappa shape index (κ3) is 3.50. The number of nitrogens with zero attached hydrogens (tertiary/aromatic N) is 1. The predicted molar refractivity (Wildman–Crippen MR) is 78.8 cm³/mol. The summed E-state index contributed by atoms with van der Waals surface area (Å²) >= 11 is 0. The summed E-state index contributed by atoms with van der Waals surface area (Å²) in [6, 6.07) is 0.498. The highest BCUT2D eigenvalue weighted by molar-refractivity contribution is 5.18. The van der Waals surface area contributed by atoms with E-state index in [9.17, 15) is 4.39 Å². The molecule has 1 N–H and O–H groups in total. The minimum Gasteiger partial charge on any atom is -0.388 e. The van der Waals surface area contributed by atoms with Gasteiger partial charge in [0.2, 0.25) is 0 Å². The number of nitrogens with one attached hydrogen (secondary N) is 1. The van der Waals surface area contributed by atoms with Crippen molar-refractivity contribution in [1.29, 1.82) is 0 Å². The zero-order valence-corrected chi connectivity index (χ0v) is 12.7. The van der Waals surface area contributed by atoms with Crippen LogP contribution in [0.3, 0.4) is 0 Å². The summed E-state index contributed by atoms with van der Waals surface area (Å²) in [6.45, 7) is 9.90. The van der Waals surface area contributed by atoms with Gasteiger partial charge in [0.1, 0.15) is 6.17 Å². The average Bonchev–Trinajstić information content (AvgIpc) is 2.77. The second-order valence-corrected chi connectivity index (χ2v) is 6.25. The lowest BCUT2D eigenvalue weighted by Crippen LogP contribution is -2.39. The second kappa shape index (κ2) is 6.74. The molecule has 0 spiro atoms. The molecule has 1 heterocycles. The number of halogens is 1. The van der Waals surface area contributed by atoms with Crippen LogP contribution in [0.25, 0.3) is 0 Å². The van der Waals surface area contributed by atoms with E-state index in [2.05, 4.69) is 30.3 Å². The van der Waals surface area contributed by atoms with E-state index in [0.29, 0.717) is 12.0 Å². The Hall–Kier alpha value is -0.570. The molecule has 0 amide bonds. The van der Waals surface area contributed by atoms with E-state index in [-0.39, 0.29) is 5.92 Å². The molecule has 2 aliphatic rings. The van der Waals surface area contributed by atoms with Crippen molar-refractivity contribution in [3.63, 3.8) is 0 Å². The molecule has 0 aromatic rings. The molecule has 2 rings (SSSR count). The monoisotopic (exact) mass is 268 g/mol. The maximum absolute atomic E-state index is 13.9. The van der Waals surface area contributed by atoms with Gasteiger partial charge in [0, 0.05) is 18.5 Å². The van der Waals surface area contributed by atoms with Gasteiger partial charge in [-0.05, 0) is 56.5 Å². The third-order valence-electron chi connectivity index (χ3n) is 4.87. The largest absolute Gasteiger partial charge is 0.388 e. The molecule has 4 atom stereocenters. The molecule has 0 aromatic carbocycles. The Labute approximate surface area is 117 Å². The Morgan fingerprint density at radius 1 is 1.32 bits per heavy atom. The summed E-state index contributed by atoms with van der Waals surface area (Å²) in [4.78, 5) is 2.49. The number of hydrogen-bond donors (Lipinski definition) is 1. The first-order valence-corrected chi connectivity index (χ1v) is 7.97. The first-order chi connectivity index (χ1) is 9.15. The van der Waals surface area contributed by atoms with E-state index < -0.39 is 6.17 Å². The molecule has 1 aliphatic heterocycles. The Morgan fingerprint density at radius 2 is 2.11 bits per heavy atom. The molecular weight excluding hydrogens is 239 g/mol. The van der Waals surface area contributed by atoms with Gasteiger partial charge >= 0.3 is 0 Å². The van der Waals surface area contributed by atoms with E-state index in [1.54, 1.807) is 0 Å². The molecule has 110 valence electrons. The van der Waals surface area contributed by atoms with Crippen LogP contribution in [-0.2, 0) is 0 Å². The Kier molecular flexibility index (Phi) is 5.26. The zero-order chi connectivity index (χ0) is 13.8. The van der Waals surface area contributed by atoms with Crippen LogP contribution in [0.1, 0.15) is 46.5 Å². The lowest BCUT2D eigenvalue weighted by atomic mass is 9.76. The molecule has 1 aliphatic carbocycles. The highest BCUT2D eigenvalue weighted by atomic mass is 19.1. The standard InChI is InChI=1S/C16H29FN2/c1-4-7-19(5-2)8-6-13-11-18-16-9-12(3)15(17)10-14(13)16/h11-12,14-16,18H,4-10H2,1-3H3/t12-,14-,15?,16?/m0/s1. The van der Waals surface area contributed by atoms with Gasteiger partial charge in [-0.25, -0.2) is 4.39 Å². The van der Waals surface area contributed by atoms with Crippen LogP contribution >= 0.6 is 0 Å². The van der Waals surface area contributed by atoms with Crippen LogP contribution < -0.4 is 5.32 Å². The quantitative estimate of drug-likeness (QED) is 0.795. The zero-order valence-electron chi connectivity index (χ0n) is 12.7. The highest BCUT2D eigenvalue weighted by Gasteiger charge is 2.39. The first-order valence-electron chi connectivity index (χ1n) is 7.97. The van der Waals surface area contributed by atoms with Gasteiger partial charge in [0.25, 0.3) is 0 Å². The lowest BCUT2D eigenvalue weighted by Gasteiger charge is -2.34. The fraction of sp³-hybridized carbons (Fsp3) is 0.875. The first kappa shape index (κ1) is 14.8. The van der Waals surface area contributed by atoms with E-state index in [1.807, 2.05) is 6.92 Å². The molecule has 0 aromatic heterocycles. The molecule has 19 heavy (non-hydrogen) atoms. The van der Waals surface area contributed by atoms with Crippen molar-refractivity contribution in [2.75, 3.05) is 19.6 Å². The minimum absolute atomic E-state index is 0.216. The molecular formula is C16H29FN2. The van der Waals surface area contributed by atoms with Gasteiger partial charge in [0.15, 0.2) is 0 Å². The number of alkyl halides is 1. The van der Waals surface area contributed by atoms with Crippen LogP contribution in [0.15, 0.2) is 11.8 Å². The summed E-state index contributed by atoms with van der Waals surface area (Å²) in [5.74, 6) is 0.667. The lowest BCUT2D eigenvalue weighted by molar-refractivity contribution is 0.131.